The van der Waals surface area contributed by atoms with Crippen molar-refractivity contribution in [1.29, 1.82) is 0 Å². The number of hydrogen-bond donors (Lipinski definition) is 1. The van der Waals surface area contributed by atoms with E-state index in [1.807, 2.05) is 6.92 Å². The molecule has 11 heavy (non-hydrogen) atoms. The van der Waals surface area contributed by atoms with Crippen molar-refractivity contribution in [1.82, 2.24) is 5.32 Å². The van der Waals surface area contributed by atoms with Crippen molar-refractivity contribution < 1.29 is 4.79 Å². The van der Waals surface area contributed by atoms with Crippen LogP contribution in [-0.2, 0) is 4.79 Å². The summed E-state index contributed by atoms with van der Waals surface area (Å²) < 4.78 is 0. The molecule has 2 atom stereocenters. The molecule has 0 fully saturated rings. The van der Waals surface area contributed by atoms with Gasteiger partial charge in [-0.1, -0.05) is 20.3 Å². The van der Waals surface area contributed by atoms with Gasteiger partial charge in [0.1, 0.15) is 0 Å². The summed E-state index contributed by atoms with van der Waals surface area (Å²) >= 11 is 0. The first-order chi connectivity index (χ1) is 5.06. The molecule has 2 heteroatoms. The Morgan fingerprint density at radius 3 is 2.36 bits per heavy atom. The third-order valence-corrected chi connectivity index (χ3v) is 1.90. The highest BCUT2D eigenvalue weighted by atomic mass is 16.1. The minimum Gasteiger partial charge on any atom is -0.354 e. The summed E-state index contributed by atoms with van der Waals surface area (Å²) in [6, 6.07) is 0.322. The van der Waals surface area contributed by atoms with Gasteiger partial charge < -0.3 is 5.32 Å². The Balaban J connectivity index is 3.51. The third-order valence-electron chi connectivity index (χ3n) is 1.90. The smallest absolute Gasteiger partial charge is 0.217 e. The normalized spacial score (nSPS) is 15.6. The number of amides is 1. The predicted octanol–water partition coefficient (Wildman–Crippen LogP) is 1.95. The Bertz CT molecular complexity index is 123. The van der Waals surface area contributed by atoms with E-state index < -0.39 is 0 Å². The van der Waals surface area contributed by atoms with Crippen molar-refractivity contribution in [2.75, 3.05) is 0 Å². The number of rotatable bonds is 4. The summed E-state index contributed by atoms with van der Waals surface area (Å²) in [5, 5.41) is 2.87. The van der Waals surface area contributed by atoms with Crippen LogP contribution in [0, 0.1) is 5.92 Å². The summed E-state index contributed by atoms with van der Waals surface area (Å²) in [6.07, 6.45) is 2.26. The number of carbonyl (C=O) groups excluding carboxylic acids is 1. The Labute approximate surface area is 69.4 Å². The van der Waals surface area contributed by atoms with Gasteiger partial charge in [0.15, 0.2) is 0 Å². The minimum absolute atomic E-state index is 0.0702. The minimum atomic E-state index is 0.0702. The first kappa shape index (κ1) is 10.5. The fourth-order valence-corrected chi connectivity index (χ4v) is 1.18. The van der Waals surface area contributed by atoms with E-state index in [1.54, 1.807) is 6.92 Å². The van der Waals surface area contributed by atoms with Crippen LogP contribution < -0.4 is 5.32 Å². The van der Waals surface area contributed by atoms with Crippen molar-refractivity contribution in [3.8, 4) is 0 Å². The maximum atomic E-state index is 10.6. The van der Waals surface area contributed by atoms with Crippen LogP contribution in [0.1, 0.15) is 40.5 Å². The fraction of sp³-hybridized carbons (Fsp3) is 0.889. The summed E-state index contributed by atoms with van der Waals surface area (Å²) in [4.78, 5) is 10.6. The molecule has 0 rings (SSSR count). The van der Waals surface area contributed by atoms with E-state index in [0.717, 1.165) is 6.42 Å². The molecule has 0 aromatic rings. The second-order valence-corrected chi connectivity index (χ2v) is 3.35. The van der Waals surface area contributed by atoms with E-state index in [2.05, 4.69) is 19.2 Å². The Morgan fingerprint density at radius 2 is 2.00 bits per heavy atom. The van der Waals surface area contributed by atoms with Gasteiger partial charge in [0, 0.05) is 13.0 Å². The van der Waals surface area contributed by atoms with Gasteiger partial charge in [-0.2, -0.15) is 0 Å². The molecule has 1 amide bonds. The third kappa shape index (κ3) is 5.89. The Morgan fingerprint density at radius 1 is 1.45 bits per heavy atom. The van der Waals surface area contributed by atoms with Gasteiger partial charge in [0.05, 0.1) is 0 Å². The molecule has 0 spiro atoms. The van der Waals surface area contributed by atoms with Crippen LogP contribution in [0.2, 0.25) is 0 Å². The van der Waals surface area contributed by atoms with Crippen LogP contribution >= 0.6 is 0 Å². The number of nitrogens with one attached hydrogen (secondary N) is 1. The van der Waals surface area contributed by atoms with Gasteiger partial charge >= 0.3 is 0 Å². The van der Waals surface area contributed by atoms with Crippen molar-refractivity contribution in [2.45, 2.75) is 46.6 Å². The van der Waals surface area contributed by atoms with Gasteiger partial charge in [-0.05, 0) is 19.3 Å². The van der Waals surface area contributed by atoms with Gasteiger partial charge in [0.2, 0.25) is 5.91 Å². The fourth-order valence-electron chi connectivity index (χ4n) is 1.18. The second-order valence-electron chi connectivity index (χ2n) is 3.35. The lowest BCUT2D eigenvalue weighted by Gasteiger charge is -2.16. The van der Waals surface area contributed by atoms with E-state index in [-0.39, 0.29) is 5.91 Å². The predicted molar refractivity (Wildman–Crippen MR) is 47.4 cm³/mol. The highest BCUT2D eigenvalue weighted by molar-refractivity contribution is 5.73. The average molecular weight is 157 g/mol. The molecule has 2 unspecified atom stereocenters. The molecule has 0 aromatic carbocycles. The molecule has 0 bridgehead atoms. The lowest BCUT2D eigenvalue weighted by molar-refractivity contribution is -0.119. The molecule has 0 saturated heterocycles. The average Bonchev–Trinajstić information content (AvgIpc) is 1.85. The molecule has 0 heterocycles. The van der Waals surface area contributed by atoms with Gasteiger partial charge in [0.25, 0.3) is 0 Å². The topological polar surface area (TPSA) is 29.1 Å². The second kappa shape index (κ2) is 5.16. The zero-order valence-corrected chi connectivity index (χ0v) is 7.98. The van der Waals surface area contributed by atoms with Crippen LogP contribution in [0.4, 0.5) is 0 Å². The zero-order valence-electron chi connectivity index (χ0n) is 7.98. The first-order valence-electron chi connectivity index (χ1n) is 4.33. The Hall–Kier alpha value is -0.530. The number of carbonyl (C=O) groups is 1. The first-order valence-corrected chi connectivity index (χ1v) is 4.33. The zero-order chi connectivity index (χ0) is 8.85. The molecule has 1 N–H and O–H groups in total. The molecule has 0 saturated carbocycles. The van der Waals surface area contributed by atoms with Crippen molar-refractivity contribution in [2.24, 2.45) is 5.92 Å². The van der Waals surface area contributed by atoms with Crippen molar-refractivity contribution in [3.05, 3.63) is 0 Å². The molecular formula is C9H19NO. The van der Waals surface area contributed by atoms with E-state index >= 15 is 0 Å². The molecule has 66 valence electrons. The highest BCUT2D eigenvalue weighted by Gasteiger charge is 2.06. The summed E-state index contributed by atoms with van der Waals surface area (Å²) in [7, 11) is 0. The molecule has 2 nitrogen and oxygen atoms in total. The van der Waals surface area contributed by atoms with E-state index in [0.29, 0.717) is 12.0 Å². The van der Waals surface area contributed by atoms with Crippen LogP contribution in [-0.4, -0.2) is 11.9 Å². The van der Waals surface area contributed by atoms with Crippen LogP contribution in [0.25, 0.3) is 0 Å². The standard InChI is InChI=1S/C9H19NO/c1-5-7(2)6-8(3)10-9(4)11/h7-8H,5-6H2,1-4H3,(H,10,11). The van der Waals surface area contributed by atoms with Crippen LogP contribution in [0.15, 0.2) is 0 Å². The van der Waals surface area contributed by atoms with Crippen molar-refractivity contribution in [3.63, 3.8) is 0 Å². The number of hydrogen-bond acceptors (Lipinski definition) is 1. The molecule has 0 aliphatic rings. The lowest BCUT2D eigenvalue weighted by Crippen LogP contribution is -2.31. The summed E-state index contributed by atoms with van der Waals surface area (Å²) in [5.74, 6) is 0.776. The lowest BCUT2D eigenvalue weighted by atomic mass is 10.0. The molecule has 0 aromatic heterocycles. The molecule has 0 radical (unpaired) electrons. The molecule has 0 aliphatic carbocycles. The monoisotopic (exact) mass is 157 g/mol. The van der Waals surface area contributed by atoms with Crippen molar-refractivity contribution >= 4 is 5.91 Å². The Kier molecular flexibility index (Phi) is 4.92. The van der Waals surface area contributed by atoms with E-state index in [1.165, 1.54) is 6.42 Å². The quantitative estimate of drug-likeness (QED) is 0.664. The van der Waals surface area contributed by atoms with Crippen LogP contribution in [0.3, 0.4) is 0 Å². The SMILES string of the molecule is CCC(C)CC(C)NC(C)=O. The van der Waals surface area contributed by atoms with Gasteiger partial charge in [-0.15, -0.1) is 0 Å². The van der Waals surface area contributed by atoms with E-state index in [4.69, 9.17) is 0 Å². The highest BCUT2D eigenvalue weighted by Crippen LogP contribution is 2.08. The van der Waals surface area contributed by atoms with Gasteiger partial charge in [-0.3, -0.25) is 4.79 Å². The van der Waals surface area contributed by atoms with E-state index in [9.17, 15) is 4.79 Å². The maximum Gasteiger partial charge on any atom is 0.217 e. The summed E-state index contributed by atoms with van der Waals surface area (Å²) in [5.41, 5.74) is 0. The van der Waals surface area contributed by atoms with Crippen LogP contribution in [0.5, 0.6) is 0 Å². The molecular weight excluding hydrogens is 138 g/mol. The molecule has 0 aliphatic heterocycles. The summed E-state index contributed by atoms with van der Waals surface area (Å²) in [6.45, 7) is 7.99. The largest absolute Gasteiger partial charge is 0.354 e. The maximum absolute atomic E-state index is 10.6. The van der Waals surface area contributed by atoms with Gasteiger partial charge in [-0.25, -0.2) is 0 Å².